The van der Waals surface area contributed by atoms with E-state index in [0.29, 0.717) is 42.4 Å². The van der Waals surface area contributed by atoms with Crippen molar-refractivity contribution in [2.45, 2.75) is 38.3 Å². The number of amides is 1. The predicted molar refractivity (Wildman–Crippen MR) is 144 cm³/mol. The van der Waals surface area contributed by atoms with Crippen LogP contribution in [0.5, 0.6) is 5.75 Å². The summed E-state index contributed by atoms with van der Waals surface area (Å²) < 4.78 is 30.1. The van der Waals surface area contributed by atoms with E-state index in [1.165, 1.54) is 12.4 Å². The molecule has 3 fully saturated rings. The van der Waals surface area contributed by atoms with Gasteiger partial charge in [-0.25, -0.2) is 18.4 Å². The summed E-state index contributed by atoms with van der Waals surface area (Å²) in [4.78, 5) is 32.0. The minimum absolute atomic E-state index is 0.0124. The Morgan fingerprint density at radius 1 is 1.16 bits per heavy atom. The normalized spacial score (nSPS) is 21.8. The number of nitrogens with zero attached hydrogens (tertiary/aromatic N) is 6. The average molecular weight is 540 g/mol. The van der Waals surface area contributed by atoms with Crippen molar-refractivity contribution in [3.63, 3.8) is 0 Å². The first-order valence-electron chi connectivity index (χ1n) is 13.2. The summed E-state index contributed by atoms with van der Waals surface area (Å²) in [6, 6.07) is 2.52. The van der Waals surface area contributed by atoms with Crippen LogP contribution in [0.15, 0.2) is 25.0 Å². The number of likely N-dealkylation sites (tertiary alicyclic amines) is 2. The molecule has 11 nitrogen and oxygen atoms in total. The monoisotopic (exact) mass is 539 g/mol. The maximum Gasteiger partial charge on any atom is 0.246 e. The molecule has 0 saturated carbocycles. The Balaban J connectivity index is 1.16. The van der Waals surface area contributed by atoms with E-state index in [9.17, 15) is 13.2 Å². The Kier molecular flexibility index (Phi) is 6.47. The van der Waals surface area contributed by atoms with E-state index in [1.807, 2.05) is 16.7 Å². The van der Waals surface area contributed by atoms with E-state index in [2.05, 4.69) is 32.8 Å². The first-order chi connectivity index (χ1) is 18.3. The van der Waals surface area contributed by atoms with Crippen molar-refractivity contribution in [2.24, 2.45) is 0 Å². The van der Waals surface area contributed by atoms with Gasteiger partial charge in [-0.15, -0.1) is 0 Å². The van der Waals surface area contributed by atoms with Crippen LogP contribution in [-0.4, -0.2) is 95.9 Å². The van der Waals surface area contributed by atoms with E-state index >= 15 is 0 Å². The Bertz CT molecular complexity index is 1350. The number of hydrogen-bond donors (Lipinski definition) is 1. The molecule has 38 heavy (non-hydrogen) atoms. The van der Waals surface area contributed by atoms with Gasteiger partial charge in [0.05, 0.1) is 28.5 Å². The number of carbonyl (C=O) groups excluding carboxylic acids is 1. The Labute approximate surface area is 222 Å². The van der Waals surface area contributed by atoms with Crippen molar-refractivity contribution in [3.8, 4) is 5.75 Å². The Hall–Kier alpha value is -3.25. The molecule has 2 aromatic rings. The third-order valence-corrected chi connectivity index (χ3v) is 9.76. The van der Waals surface area contributed by atoms with Gasteiger partial charge in [0.25, 0.3) is 0 Å². The fourth-order valence-corrected chi connectivity index (χ4v) is 7.04. The van der Waals surface area contributed by atoms with Crippen LogP contribution < -0.4 is 15.0 Å². The fourth-order valence-electron chi connectivity index (χ4n) is 5.84. The molecule has 4 aliphatic rings. The summed E-state index contributed by atoms with van der Waals surface area (Å²) in [7, 11) is -2.99. The van der Waals surface area contributed by atoms with E-state index in [1.54, 1.807) is 0 Å². The molecule has 2 aromatic heterocycles. The second-order valence-corrected chi connectivity index (χ2v) is 12.8. The molecular weight excluding hydrogens is 506 g/mol. The summed E-state index contributed by atoms with van der Waals surface area (Å²) in [5, 5.41) is 3.47. The van der Waals surface area contributed by atoms with Gasteiger partial charge in [-0.2, -0.15) is 0 Å². The van der Waals surface area contributed by atoms with Crippen LogP contribution in [0.2, 0.25) is 0 Å². The van der Waals surface area contributed by atoms with Gasteiger partial charge >= 0.3 is 0 Å². The zero-order valence-electron chi connectivity index (χ0n) is 21.6. The van der Waals surface area contributed by atoms with Crippen molar-refractivity contribution in [2.75, 3.05) is 61.0 Å². The highest BCUT2D eigenvalue weighted by atomic mass is 32.2. The first-order valence-corrected chi connectivity index (χ1v) is 15.0. The van der Waals surface area contributed by atoms with Gasteiger partial charge in [-0.1, -0.05) is 6.58 Å². The van der Waals surface area contributed by atoms with Crippen molar-refractivity contribution >= 4 is 33.1 Å². The van der Waals surface area contributed by atoms with Gasteiger partial charge in [0.1, 0.15) is 24.6 Å². The second-order valence-electron chi connectivity index (χ2n) is 10.5. The smallest absolute Gasteiger partial charge is 0.246 e. The predicted octanol–water partition coefficient (Wildman–Crippen LogP) is 1.63. The van der Waals surface area contributed by atoms with Crippen LogP contribution in [-0.2, 0) is 21.2 Å². The van der Waals surface area contributed by atoms with Crippen molar-refractivity contribution in [1.82, 2.24) is 24.8 Å². The van der Waals surface area contributed by atoms with Crippen LogP contribution in [0, 0.1) is 6.92 Å². The molecule has 0 aliphatic carbocycles. The number of nitrogens with one attached hydrogen (secondary N) is 1. The van der Waals surface area contributed by atoms with Gasteiger partial charge in [0, 0.05) is 43.8 Å². The number of aryl methyl sites for hydroxylation is 1. The molecule has 1 amide bonds. The summed E-state index contributed by atoms with van der Waals surface area (Å²) in [5.74, 6) is 2.71. The van der Waals surface area contributed by atoms with E-state index in [0.717, 1.165) is 61.7 Å². The number of pyridine rings is 1. The lowest BCUT2D eigenvalue weighted by atomic mass is 9.90. The summed E-state index contributed by atoms with van der Waals surface area (Å²) in [6.45, 7) is 10.2. The molecule has 0 bridgehead atoms. The SMILES string of the molecule is C=CC(=O)N1CC(N2CCC(c3cc4c(c(C)n3)OCc3c(ncnc3N3CCS(=O)(=O)CC3)N4)CC2)C1. The molecule has 0 atom stereocenters. The molecular formula is C26H33N7O4S. The van der Waals surface area contributed by atoms with E-state index in [4.69, 9.17) is 9.72 Å². The standard InChI is InChI=1S/C26H33N7O4S/c1-3-23(34)33-13-19(14-33)31-6-4-18(5-7-31)21-12-22-24(17(2)29-21)37-15-20-25(30-22)27-16-28-26(20)32-8-10-38(35,36)11-9-32/h3,12,16,18-19H,1,4-11,13-15H2,2H3,(H,27,28,30). The van der Waals surface area contributed by atoms with Crippen LogP contribution in [0.25, 0.3) is 0 Å². The summed E-state index contributed by atoms with van der Waals surface area (Å²) in [5.41, 5.74) is 3.54. The number of fused-ring (bicyclic) bond motifs is 2. The molecule has 0 spiro atoms. The lowest BCUT2D eigenvalue weighted by Crippen LogP contribution is -2.61. The first kappa shape index (κ1) is 25.1. The lowest BCUT2D eigenvalue weighted by molar-refractivity contribution is -0.133. The molecule has 6 heterocycles. The van der Waals surface area contributed by atoms with Gasteiger partial charge < -0.3 is 19.9 Å². The maximum atomic E-state index is 11.9. The number of anilines is 3. The number of aromatic nitrogens is 3. The van der Waals surface area contributed by atoms with Crippen molar-refractivity contribution in [1.29, 1.82) is 0 Å². The molecule has 6 rings (SSSR count). The van der Waals surface area contributed by atoms with Crippen LogP contribution in [0.4, 0.5) is 17.3 Å². The molecule has 12 heteroatoms. The van der Waals surface area contributed by atoms with E-state index in [-0.39, 0.29) is 24.0 Å². The minimum atomic E-state index is -2.99. The second kappa shape index (κ2) is 9.81. The minimum Gasteiger partial charge on any atom is -0.485 e. The topological polar surface area (TPSA) is 121 Å². The maximum absolute atomic E-state index is 11.9. The number of carbonyl (C=O) groups is 1. The zero-order valence-corrected chi connectivity index (χ0v) is 22.4. The van der Waals surface area contributed by atoms with Crippen LogP contribution >= 0.6 is 0 Å². The van der Waals surface area contributed by atoms with Gasteiger partial charge in [0.2, 0.25) is 5.91 Å². The highest BCUT2D eigenvalue weighted by Gasteiger charge is 2.36. The quantitative estimate of drug-likeness (QED) is 0.574. The third kappa shape index (κ3) is 4.71. The molecule has 0 unspecified atom stereocenters. The molecule has 0 aromatic carbocycles. The van der Waals surface area contributed by atoms with Gasteiger partial charge in [0.15, 0.2) is 15.6 Å². The van der Waals surface area contributed by atoms with Gasteiger partial charge in [-0.05, 0) is 45.0 Å². The number of ether oxygens (including phenoxy) is 1. The number of hydrogen-bond acceptors (Lipinski definition) is 10. The highest BCUT2D eigenvalue weighted by Crippen LogP contribution is 2.40. The third-order valence-electron chi connectivity index (χ3n) is 8.16. The van der Waals surface area contributed by atoms with Crippen LogP contribution in [0.3, 0.4) is 0 Å². The van der Waals surface area contributed by atoms with E-state index < -0.39 is 9.84 Å². The molecule has 1 N–H and O–H groups in total. The zero-order chi connectivity index (χ0) is 26.4. The summed E-state index contributed by atoms with van der Waals surface area (Å²) in [6.07, 6.45) is 4.93. The average Bonchev–Trinajstić information content (AvgIpc) is 3.08. The fraction of sp³-hybridized carbons (Fsp3) is 0.538. The van der Waals surface area contributed by atoms with Crippen molar-refractivity contribution in [3.05, 3.63) is 42.0 Å². The van der Waals surface area contributed by atoms with Gasteiger partial charge in [-0.3, -0.25) is 14.7 Å². The molecule has 3 saturated heterocycles. The Morgan fingerprint density at radius 2 is 1.89 bits per heavy atom. The van der Waals surface area contributed by atoms with Crippen LogP contribution in [0.1, 0.15) is 35.7 Å². The van der Waals surface area contributed by atoms with Crippen molar-refractivity contribution < 1.29 is 17.9 Å². The lowest BCUT2D eigenvalue weighted by Gasteiger charge is -2.47. The number of sulfone groups is 1. The molecule has 202 valence electrons. The highest BCUT2D eigenvalue weighted by molar-refractivity contribution is 7.91. The molecule has 4 aliphatic heterocycles. The molecule has 0 radical (unpaired) electrons. The summed E-state index contributed by atoms with van der Waals surface area (Å²) >= 11 is 0. The number of piperidine rings is 1. The Morgan fingerprint density at radius 3 is 2.61 bits per heavy atom. The number of rotatable bonds is 4. The largest absolute Gasteiger partial charge is 0.485 e.